The second-order valence-corrected chi connectivity index (χ2v) is 7.47. The minimum atomic E-state index is -0.749. The number of hydrogen-bond acceptors (Lipinski definition) is 4. The summed E-state index contributed by atoms with van der Waals surface area (Å²) in [5, 5.41) is 9.37. The van der Waals surface area contributed by atoms with E-state index in [2.05, 4.69) is 27.0 Å². The molecule has 0 spiro atoms. The maximum absolute atomic E-state index is 12.9. The molecule has 7 heteroatoms. The van der Waals surface area contributed by atoms with E-state index in [1.807, 2.05) is 5.38 Å². The third-order valence-corrected chi connectivity index (χ3v) is 5.48. The molecule has 2 heterocycles. The normalized spacial score (nSPS) is 16.3. The zero-order valence-electron chi connectivity index (χ0n) is 15.1. The second-order valence-electron chi connectivity index (χ2n) is 6.69. The number of halogens is 1. The fourth-order valence-corrected chi connectivity index (χ4v) is 4.03. The van der Waals surface area contributed by atoms with Crippen LogP contribution in [0.15, 0.2) is 41.1 Å². The first-order chi connectivity index (χ1) is 13.1. The smallest absolute Gasteiger partial charge is 0.313 e. The Labute approximate surface area is 162 Å². The maximum Gasteiger partial charge on any atom is 0.313 e. The summed E-state index contributed by atoms with van der Waals surface area (Å²) >= 11 is 1.63. The minimum absolute atomic E-state index is 0.0666. The third kappa shape index (κ3) is 5.61. The van der Waals surface area contributed by atoms with Crippen molar-refractivity contribution in [1.82, 2.24) is 10.2 Å². The lowest BCUT2D eigenvalue weighted by Crippen LogP contribution is -2.42. The zero-order valence-corrected chi connectivity index (χ0v) is 15.9. The summed E-state index contributed by atoms with van der Waals surface area (Å²) in [5.74, 6) is -1.83. The van der Waals surface area contributed by atoms with Gasteiger partial charge in [0, 0.05) is 12.2 Å². The Morgan fingerprint density at radius 2 is 1.74 bits per heavy atom. The number of anilines is 1. The van der Waals surface area contributed by atoms with Gasteiger partial charge in [0.2, 0.25) is 0 Å². The molecule has 2 aromatic rings. The molecular formula is C20H24FN3O2S. The Morgan fingerprint density at radius 1 is 1.04 bits per heavy atom. The number of rotatable bonds is 5. The molecule has 1 aliphatic heterocycles. The lowest BCUT2D eigenvalue weighted by molar-refractivity contribution is -0.136. The Balaban J connectivity index is 1.59. The molecule has 144 valence electrons. The summed E-state index contributed by atoms with van der Waals surface area (Å²) in [4.78, 5) is 26.7. The second kappa shape index (κ2) is 9.62. The van der Waals surface area contributed by atoms with Gasteiger partial charge < -0.3 is 10.6 Å². The average Bonchev–Trinajstić information content (AvgIpc) is 3.06. The first-order valence-electron chi connectivity index (χ1n) is 9.24. The van der Waals surface area contributed by atoms with Crippen molar-refractivity contribution in [3.8, 4) is 0 Å². The molecular weight excluding hydrogens is 365 g/mol. The van der Waals surface area contributed by atoms with Gasteiger partial charge >= 0.3 is 11.8 Å². The molecule has 1 aromatic heterocycles. The van der Waals surface area contributed by atoms with Gasteiger partial charge in [0.25, 0.3) is 0 Å². The predicted octanol–water partition coefficient (Wildman–Crippen LogP) is 3.56. The van der Waals surface area contributed by atoms with Gasteiger partial charge in [0.15, 0.2) is 0 Å². The maximum atomic E-state index is 12.9. The van der Waals surface area contributed by atoms with Crippen molar-refractivity contribution in [1.29, 1.82) is 0 Å². The number of amides is 2. The minimum Gasteiger partial charge on any atom is -0.346 e. The highest BCUT2D eigenvalue weighted by Gasteiger charge is 2.24. The van der Waals surface area contributed by atoms with Crippen molar-refractivity contribution >= 4 is 28.8 Å². The topological polar surface area (TPSA) is 61.4 Å². The number of benzene rings is 1. The number of hydrogen-bond donors (Lipinski definition) is 2. The molecule has 1 fully saturated rings. The van der Waals surface area contributed by atoms with Crippen LogP contribution < -0.4 is 10.6 Å². The Bertz CT molecular complexity index is 741. The van der Waals surface area contributed by atoms with E-state index >= 15 is 0 Å². The molecule has 0 saturated carbocycles. The van der Waals surface area contributed by atoms with Crippen LogP contribution in [0.5, 0.6) is 0 Å². The molecule has 1 aliphatic rings. The van der Waals surface area contributed by atoms with Gasteiger partial charge in [-0.1, -0.05) is 12.8 Å². The lowest BCUT2D eigenvalue weighted by Gasteiger charge is -2.30. The van der Waals surface area contributed by atoms with Gasteiger partial charge in [-0.15, -0.1) is 0 Å². The van der Waals surface area contributed by atoms with Gasteiger partial charge in [-0.2, -0.15) is 11.3 Å². The number of nitrogens with one attached hydrogen (secondary N) is 2. The van der Waals surface area contributed by atoms with Crippen LogP contribution >= 0.6 is 11.3 Å². The van der Waals surface area contributed by atoms with Crippen LogP contribution in [0.1, 0.15) is 37.3 Å². The highest BCUT2D eigenvalue weighted by molar-refractivity contribution is 7.08. The quantitative estimate of drug-likeness (QED) is 0.769. The number of likely N-dealkylation sites (tertiary alicyclic amines) is 1. The summed E-state index contributed by atoms with van der Waals surface area (Å²) in [6.07, 6.45) is 4.78. The van der Waals surface area contributed by atoms with E-state index in [1.54, 1.807) is 11.3 Å². The molecule has 0 bridgehead atoms. The standard InChI is InChI=1S/C20H24FN3O2S/c21-16-5-7-17(8-6-16)23-20(26)19(25)22-13-18(15-9-12-27-14-15)24-10-3-1-2-4-11-24/h5-9,12,14,18H,1-4,10-11,13H2,(H,22,25)(H,23,26). The van der Waals surface area contributed by atoms with Crippen molar-refractivity contribution in [2.75, 3.05) is 25.0 Å². The molecule has 2 amide bonds. The van der Waals surface area contributed by atoms with E-state index < -0.39 is 17.6 Å². The van der Waals surface area contributed by atoms with Crippen LogP contribution in [0.4, 0.5) is 10.1 Å². The molecule has 3 rings (SSSR count). The summed E-state index contributed by atoms with van der Waals surface area (Å²) < 4.78 is 12.9. The van der Waals surface area contributed by atoms with Gasteiger partial charge in [-0.05, 0) is 72.6 Å². The molecule has 1 aromatic carbocycles. The fourth-order valence-electron chi connectivity index (χ4n) is 3.32. The van der Waals surface area contributed by atoms with Crippen molar-refractivity contribution in [2.24, 2.45) is 0 Å². The monoisotopic (exact) mass is 389 g/mol. The molecule has 27 heavy (non-hydrogen) atoms. The summed E-state index contributed by atoms with van der Waals surface area (Å²) in [6, 6.07) is 7.46. The molecule has 1 atom stereocenters. The molecule has 1 unspecified atom stereocenters. The number of carbonyl (C=O) groups is 2. The molecule has 5 nitrogen and oxygen atoms in total. The Morgan fingerprint density at radius 3 is 2.37 bits per heavy atom. The van der Waals surface area contributed by atoms with Crippen LogP contribution in [0.3, 0.4) is 0 Å². The molecule has 0 aliphatic carbocycles. The number of carbonyl (C=O) groups excluding carboxylic acids is 2. The highest BCUT2D eigenvalue weighted by atomic mass is 32.1. The van der Waals surface area contributed by atoms with E-state index in [4.69, 9.17) is 0 Å². The third-order valence-electron chi connectivity index (χ3n) is 4.77. The molecule has 0 radical (unpaired) electrons. The van der Waals surface area contributed by atoms with Crippen molar-refractivity contribution in [2.45, 2.75) is 31.7 Å². The van der Waals surface area contributed by atoms with Crippen LogP contribution in [-0.2, 0) is 9.59 Å². The van der Waals surface area contributed by atoms with Gasteiger partial charge in [0.05, 0.1) is 6.04 Å². The predicted molar refractivity (Wildman–Crippen MR) is 105 cm³/mol. The van der Waals surface area contributed by atoms with Gasteiger partial charge in [-0.25, -0.2) is 4.39 Å². The molecule has 1 saturated heterocycles. The zero-order chi connectivity index (χ0) is 19.1. The Kier molecular flexibility index (Phi) is 6.95. The van der Waals surface area contributed by atoms with Crippen molar-refractivity contribution < 1.29 is 14.0 Å². The van der Waals surface area contributed by atoms with E-state index in [0.29, 0.717) is 12.2 Å². The largest absolute Gasteiger partial charge is 0.346 e. The van der Waals surface area contributed by atoms with Crippen molar-refractivity contribution in [3.05, 3.63) is 52.5 Å². The van der Waals surface area contributed by atoms with Crippen LogP contribution in [0.25, 0.3) is 0 Å². The molecule has 2 N–H and O–H groups in total. The Hall–Kier alpha value is -2.25. The summed E-state index contributed by atoms with van der Waals surface area (Å²) in [5.41, 5.74) is 1.56. The van der Waals surface area contributed by atoms with Crippen LogP contribution in [0.2, 0.25) is 0 Å². The van der Waals surface area contributed by atoms with Crippen LogP contribution in [-0.4, -0.2) is 36.3 Å². The van der Waals surface area contributed by atoms with E-state index in [-0.39, 0.29) is 6.04 Å². The van der Waals surface area contributed by atoms with E-state index in [0.717, 1.165) is 25.9 Å². The van der Waals surface area contributed by atoms with Gasteiger partial charge in [-0.3, -0.25) is 14.5 Å². The highest BCUT2D eigenvalue weighted by Crippen LogP contribution is 2.25. The lowest BCUT2D eigenvalue weighted by atomic mass is 10.1. The van der Waals surface area contributed by atoms with E-state index in [1.165, 1.54) is 42.7 Å². The van der Waals surface area contributed by atoms with Crippen molar-refractivity contribution in [3.63, 3.8) is 0 Å². The SMILES string of the molecule is O=C(NCC(c1ccsc1)N1CCCCCC1)C(=O)Nc1ccc(F)cc1. The number of nitrogens with zero attached hydrogens (tertiary/aromatic N) is 1. The first kappa shape index (κ1) is 19.5. The van der Waals surface area contributed by atoms with Gasteiger partial charge in [0.1, 0.15) is 5.82 Å². The first-order valence-corrected chi connectivity index (χ1v) is 10.2. The van der Waals surface area contributed by atoms with Crippen LogP contribution in [0, 0.1) is 5.82 Å². The number of thiophene rings is 1. The summed E-state index contributed by atoms with van der Waals surface area (Å²) in [6.45, 7) is 2.38. The van der Waals surface area contributed by atoms with E-state index in [9.17, 15) is 14.0 Å². The average molecular weight is 389 g/mol. The fraction of sp³-hybridized carbons (Fsp3) is 0.400. The summed E-state index contributed by atoms with van der Waals surface area (Å²) in [7, 11) is 0.